The largest absolute Gasteiger partial charge is 0.492 e. The molecule has 1 N–H and O–H groups in total. The number of ketones is 1. The highest BCUT2D eigenvalue weighted by Gasteiger charge is 2.14. The number of aryl methyl sites for hydroxylation is 1. The van der Waals surface area contributed by atoms with Crippen LogP contribution in [0.3, 0.4) is 0 Å². The fraction of sp³-hybridized carbons (Fsp3) is 0.250. The number of carbonyl (C=O) groups is 2. The third kappa shape index (κ3) is 3.72. The Bertz CT molecular complexity index is 673. The van der Waals surface area contributed by atoms with Gasteiger partial charge in [-0.3, -0.25) is 4.79 Å². The van der Waals surface area contributed by atoms with Gasteiger partial charge >= 0.3 is 5.97 Å². The molecule has 0 aliphatic carbocycles. The van der Waals surface area contributed by atoms with Gasteiger partial charge in [-0.25, -0.2) is 4.79 Å². The Balaban J connectivity index is 2.05. The van der Waals surface area contributed by atoms with Crippen LogP contribution in [-0.4, -0.2) is 28.0 Å². The van der Waals surface area contributed by atoms with Crippen molar-refractivity contribution in [1.29, 1.82) is 0 Å². The van der Waals surface area contributed by atoms with Crippen molar-refractivity contribution in [2.45, 2.75) is 20.4 Å². The molecule has 0 atom stereocenters. The first-order valence-electron chi connectivity index (χ1n) is 6.61. The number of hydrogen-bond acceptors (Lipinski definition) is 3. The number of carboxylic acids is 1. The average molecular weight is 287 g/mol. The number of rotatable bonds is 6. The standard InChI is InChI=1S/C16H17NO4/c1-11-4-3-5-14(8-11)21-7-6-17-10-13(12(2)18)9-15(17)16(19)20/h3-5,8-10H,6-7H2,1-2H3,(H,19,20). The van der Waals surface area contributed by atoms with Crippen LogP contribution in [0.25, 0.3) is 0 Å². The summed E-state index contributed by atoms with van der Waals surface area (Å²) < 4.78 is 7.12. The van der Waals surface area contributed by atoms with Gasteiger partial charge in [0.2, 0.25) is 0 Å². The van der Waals surface area contributed by atoms with Gasteiger partial charge in [0.25, 0.3) is 0 Å². The second-order valence-corrected chi connectivity index (χ2v) is 4.83. The third-order valence-corrected chi connectivity index (χ3v) is 3.11. The molecule has 0 spiro atoms. The van der Waals surface area contributed by atoms with Crippen LogP contribution in [0, 0.1) is 6.92 Å². The molecule has 0 unspecified atom stereocenters. The molecule has 0 fully saturated rings. The summed E-state index contributed by atoms with van der Waals surface area (Å²) in [4.78, 5) is 22.5. The second-order valence-electron chi connectivity index (χ2n) is 4.83. The molecule has 0 aliphatic rings. The van der Waals surface area contributed by atoms with Gasteiger partial charge < -0.3 is 14.4 Å². The molecule has 1 aromatic carbocycles. The smallest absolute Gasteiger partial charge is 0.352 e. The molecule has 5 nitrogen and oxygen atoms in total. The molecular weight excluding hydrogens is 270 g/mol. The molecule has 0 amide bonds. The van der Waals surface area contributed by atoms with Crippen LogP contribution in [0.4, 0.5) is 0 Å². The van der Waals surface area contributed by atoms with E-state index in [0.29, 0.717) is 18.7 Å². The van der Waals surface area contributed by atoms with Crippen molar-refractivity contribution < 1.29 is 19.4 Å². The molecule has 2 rings (SSSR count). The SMILES string of the molecule is CC(=O)c1cc(C(=O)O)n(CCOc2cccc(C)c2)c1. The lowest BCUT2D eigenvalue weighted by Crippen LogP contribution is -2.13. The molecule has 1 heterocycles. The van der Waals surface area contributed by atoms with Gasteiger partial charge in [0.15, 0.2) is 5.78 Å². The minimum Gasteiger partial charge on any atom is -0.492 e. The Labute approximate surface area is 122 Å². The van der Waals surface area contributed by atoms with Crippen molar-refractivity contribution in [3.63, 3.8) is 0 Å². The molecule has 0 aliphatic heterocycles. The molecule has 110 valence electrons. The van der Waals surface area contributed by atoms with Gasteiger partial charge in [-0.15, -0.1) is 0 Å². The van der Waals surface area contributed by atoms with Gasteiger partial charge in [-0.1, -0.05) is 12.1 Å². The van der Waals surface area contributed by atoms with Gasteiger partial charge in [0.05, 0.1) is 6.54 Å². The van der Waals surface area contributed by atoms with E-state index in [4.69, 9.17) is 9.84 Å². The normalized spacial score (nSPS) is 10.4. The van der Waals surface area contributed by atoms with Crippen LogP contribution in [0.2, 0.25) is 0 Å². The second kappa shape index (κ2) is 6.26. The van der Waals surface area contributed by atoms with Crippen LogP contribution in [0.1, 0.15) is 33.3 Å². The van der Waals surface area contributed by atoms with Crippen molar-refractivity contribution in [2.24, 2.45) is 0 Å². The zero-order valence-electron chi connectivity index (χ0n) is 12.0. The van der Waals surface area contributed by atoms with E-state index < -0.39 is 5.97 Å². The molecule has 0 bridgehead atoms. The topological polar surface area (TPSA) is 68.5 Å². The summed E-state index contributed by atoms with van der Waals surface area (Å²) >= 11 is 0. The van der Waals surface area contributed by atoms with E-state index in [9.17, 15) is 9.59 Å². The quantitative estimate of drug-likeness (QED) is 0.829. The summed E-state index contributed by atoms with van der Waals surface area (Å²) in [5.74, 6) is -0.472. The van der Waals surface area contributed by atoms with E-state index in [-0.39, 0.29) is 11.5 Å². The molecular formula is C16H17NO4. The Morgan fingerprint density at radius 2 is 2.05 bits per heavy atom. The lowest BCUT2D eigenvalue weighted by Gasteiger charge is -2.09. The lowest BCUT2D eigenvalue weighted by atomic mass is 10.2. The Morgan fingerprint density at radius 3 is 2.67 bits per heavy atom. The first kappa shape index (κ1) is 14.8. The van der Waals surface area contributed by atoms with Gasteiger partial charge in [0, 0.05) is 11.8 Å². The van der Waals surface area contributed by atoms with Crippen molar-refractivity contribution in [3.8, 4) is 5.75 Å². The minimum atomic E-state index is -1.06. The number of carboxylic acid groups (broad SMARTS) is 1. The lowest BCUT2D eigenvalue weighted by molar-refractivity contribution is 0.0684. The highest BCUT2D eigenvalue weighted by Crippen LogP contribution is 2.14. The Kier molecular flexibility index (Phi) is 4.42. The highest BCUT2D eigenvalue weighted by molar-refractivity contribution is 5.97. The van der Waals surface area contributed by atoms with Crippen LogP contribution in [0.15, 0.2) is 36.5 Å². The van der Waals surface area contributed by atoms with Gasteiger partial charge in [0.1, 0.15) is 18.1 Å². The number of aromatic nitrogens is 1. The fourth-order valence-electron chi connectivity index (χ4n) is 2.03. The zero-order chi connectivity index (χ0) is 15.4. The van der Waals surface area contributed by atoms with Crippen molar-refractivity contribution >= 4 is 11.8 Å². The molecule has 5 heteroatoms. The first-order chi connectivity index (χ1) is 9.97. The fourth-order valence-corrected chi connectivity index (χ4v) is 2.03. The zero-order valence-corrected chi connectivity index (χ0v) is 12.0. The summed E-state index contributed by atoms with van der Waals surface area (Å²) in [6, 6.07) is 9.02. The summed E-state index contributed by atoms with van der Waals surface area (Å²) in [7, 11) is 0. The summed E-state index contributed by atoms with van der Waals surface area (Å²) in [5.41, 5.74) is 1.58. The summed E-state index contributed by atoms with van der Waals surface area (Å²) in [6.07, 6.45) is 1.55. The first-order valence-corrected chi connectivity index (χ1v) is 6.61. The predicted molar refractivity (Wildman–Crippen MR) is 78.1 cm³/mol. The van der Waals surface area contributed by atoms with Crippen molar-refractivity contribution in [3.05, 3.63) is 53.3 Å². The molecule has 0 saturated carbocycles. The number of Topliss-reactive ketones (excluding diaryl/α,β-unsaturated/α-hetero) is 1. The van der Waals surface area contributed by atoms with Crippen molar-refractivity contribution in [2.75, 3.05) is 6.61 Å². The molecule has 0 saturated heterocycles. The predicted octanol–water partition coefficient (Wildman–Crippen LogP) is 2.78. The number of benzene rings is 1. The number of hydrogen-bond donors (Lipinski definition) is 1. The summed E-state index contributed by atoms with van der Waals surface area (Å²) in [5, 5.41) is 9.14. The maximum Gasteiger partial charge on any atom is 0.352 e. The average Bonchev–Trinajstić information content (AvgIpc) is 2.83. The molecule has 1 aromatic heterocycles. The highest BCUT2D eigenvalue weighted by atomic mass is 16.5. The van der Waals surface area contributed by atoms with Gasteiger partial charge in [-0.05, 0) is 37.6 Å². The van der Waals surface area contributed by atoms with Crippen molar-refractivity contribution in [1.82, 2.24) is 4.57 Å². The van der Waals surface area contributed by atoms with Crippen LogP contribution < -0.4 is 4.74 Å². The van der Waals surface area contributed by atoms with E-state index >= 15 is 0 Å². The van der Waals surface area contributed by atoms with E-state index in [1.807, 2.05) is 31.2 Å². The van der Waals surface area contributed by atoms with Crippen LogP contribution >= 0.6 is 0 Å². The van der Waals surface area contributed by atoms with E-state index in [0.717, 1.165) is 11.3 Å². The van der Waals surface area contributed by atoms with E-state index in [1.54, 1.807) is 6.20 Å². The number of nitrogens with zero attached hydrogens (tertiary/aromatic N) is 1. The third-order valence-electron chi connectivity index (χ3n) is 3.11. The number of carbonyl (C=O) groups excluding carboxylic acids is 1. The Morgan fingerprint density at radius 1 is 1.29 bits per heavy atom. The minimum absolute atomic E-state index is 0.0908. The summed E-state index contributed by atoms with van der Waals surface area (Å²) in [6.45, 7) is 4.08. The van der Waals surface area contributed by atoms with Crippen LogP contribution in [-0.2, 0) is 6.54 Å². The maximum atomic E-state index is 11.3. The van der Waals surface area contributed by atoms with Gasteiger partial charge in [-0.2, -0.15) is 0 Å². The van der Waals surface area contributed by atoms with Crippen LogP contribution in [0.5, 0.6) is 5.75 Å². The number of aromatic carboxylic acids is 1. The molecule has 0 radical (unpaired) electrons. The molecule has 21 heavy (non-hydrogen) atoms. The monoisotopic (exact) mass is 287 g/mol. The van der Waals surface area contributed by atoms with E-state index in [1.165, 1.54) is 17.6 Å². The molecule has 2 aromatic rings. The maximum absolute atomic E-state index is 11.3. The number of ether oxygens (including phenoxy) is 1. The Hall–Kier alpha value is -2.56. The van der Waals surface area contributed by atoms with E-state index in [2.05, 4.69) is 0 Å².